The fraction of sp³-hybridized carbons (Fsp3) is 0.308. The molecule has 0 bridgehead atoms. The van der Waals surface area contributed by atoms with Gasteiger partial charge in [0.05, 0.1) is 5.69 Å². The van der Waals surface area contributed by atoms with Gasteiger partial charge in [-0.05, 0) is 30.8 Å². The summed E-state index contributed by atoms with van der Waals surface area (Å²) in [5, 5.41) is 6.41. The SMILES string of the molecule is CCNCc1nc(COc2ccc(Br)cc2)cs1. The molecular weight excluding hydrogens is 312 g/mol. The molecule has 1 aromatic carbocycles. The van der Waals surface area contributed by atoms with Crippen LogP contribution in [0.5, 0.6) is 5.75 Å². The number of thiazole rings is 1. The van der Waals surface area contributed by atoms with Gasteiger partial charge in [0.15, 0.2) is 0 Å². The second-order valence-electron chi connectivity index (χ2n) is 3.76. The highest BCUT2D eigenvalue weighted by molar-refractivity contribution is 9.10. The number of rotatable bonds is 6. The second-order valence-corrected chi connectivity index (χ2v) is 5.61. The van der Waals surface area contributed by atoms with E-state index in [2.05, 4.69) is 33.2 Å². The van der Waals surface area contributed by atoms with Crippen LogP contribution >= 0.6 is 27.3 Å². The van der Waals surface area contributed by atoms with E-state index in [1.54, 1.807) is 11.3 Å². The maximum atomic E-state index is 5.67. The van der Waals surface area contributed by atoms with Crippen LogP contribution in [-0.2, 0) is 13.2 Å². The summed E-state index contributed by atoms with van der Waals surface area (Å²) in [4.78, 5) is 4.50. The minimum absolute atomic E-state index is 0.518. The molecule has 2 aromatic rings. The molecule has 0 aliphatic heterocycles. The van der Waals surface area contributed by atoms with Crippen LogP contribution in [-0.4, -0.2) is 11.5 Å². The predicted octanol–water partition coefficient (Wildman–Crippen LogP) is 3.59. The largest absolute Gasteiger partial charge is 0.487 e. The van der Waals surface area contributed by atoms with Gasteiger partial charge in [0.1, 0.15) is 17.4 Å². The highest BCUT2D eigenvalue weighted by Crippen LogP contribution is 2.18. The number of hydrogen-bond acceptors (Lipinski definition) is 4. The van der Waals surface area contributed by atoms with E-state index in [4.69, 9.17) is 4.74 Å². The molecule has 0 aliphatic rings. The zero-order chi connectivity index (χ0) is 12.8. The maximum absolute atomic E-state index is 5.67. The summed E-state index contributed by atoms with van der Waals surface area (Å²) >= 11 is 5.06. The average Bonchev–Trinajstić information content (AvgIpc) is 2.84. The van der Waals surface area contributed by atoms with Crippen molar-refractivity contribution in [3.05, 3.63) is 44.8 Å². The Morgan fingerprint density at radius 2 is 2.11 bits per heavy atom. The summed E-state index contributed by atoms with van der Waals surface area (Å²) in [6.45, 7) is 4.40. The molecule has 2 rings (SSSR count). The maximum Gasteiger partial charge on any atom is 0.131 e. The normalized spacial score (nSPS) is 10.6. The lowest BCUT2D eigenvalue weighted by molar-refractivity contribution is 0.302. The first-order chi connectivity index (χ1) is 8.78. The fourth-order valence-electron chi connectivity index (χ4n) is 1.42. The van der Waals surface area contributed by atoms with E-state index < -0.39 is 0 Å². The van der Waals surface area contributed by atoms with Crippen molar-refractivity contribution in [3.8, 4) is 5.75 Å². The summed E-state index contributed by atoms with van der Waals surface area (Å²) in [6, 6.07) is 7.81. The molecule has 1 N–H and O–H groups in total. The van der Waals surface area contributed by atoms with Gasteiger partial charge in [0.2, 0.25) is 0 Å². The molecule has 0 amide bonds. The Balaban J connectivity index is 1.86. The van der Waals surface area contributed by atoms with Gasteiger partial charge < -0.3 is 10.1 Å². The molecule has 1 heterocycles. The Hall–Kier alpha value is -0.910. The number of hydrogen-bond donors (Lipinski definition) is 1. The van der Waals surface area contributed by atoms with Crippen molar-refractivity contribution in [2.24, 2.45) is 0 Å². The van der Waals surface area contributed by atoms with Crippen LogP contribution in [0.1, 0.15) is 17.6 Å². The van der Waals surface area contributed by atoms with E-state index in [0.717, 1.165) is 34.0 Å². The van der Waals surface area contributed by atoms with Crippen LogP contribution < -0.4 is 10.1 Å². The topological polar surface area (TPSA) is 34.2 Å². The van der Waals surface area contributed by atoms with Crippen molar-refractivity contribution >= 4 is 27.3 Å². The van der Waals surface area contributed by atoms with Crippen LogP contribution in [0, 0.1) is 0 Å². The van der Waals surface area contributed by atoms with Crippen molar-refractivity contribution < 1.29 is 4.74 Å². The number of aromatic nitrogens is 1. The molecule has 0 radical (unpaired) electrons. The number of ether oxygens (including phenoxy) is 1. The summed E-state index contributed by atoms with van der Waals surface area (Å²) in [7, 11) is 0. The Bertz CT molecular complexity index is 484. The number of halogens is 1. The summed E-state index contributed by atoms with van der Waals surface area (Å²) in [6.07, 6.45) is 0. The molecule has 0 atom stereocenters. The summed E-state index contributed by atoms with van der Waals surface area (Å²) in [5.41, 5.74) is 0.982. The number of nitrogens with zero attached hydrogens (tertiary/aromatic N) is 1. The van der Waals surface area contributed by atoms with Crippen LogP contribution in [0.2, 0.25) is 0 Å². The zero-order valence-electron chi connectivity index (χ0n) is 10.1. The van der Waals surface area contributed by atoms with Crippen LogP contribution in [0.3, 0.4) is 0 Å². The van der Waals surface area contributed by atoms with Crippen molar-refractivity contribution in [1.29, 1.82) is 0 Å². The highest BCUT2D eigenvalue weighted by atomic mass is 79.9. The van der Waals surface area contributed by atoms with E-state index in [1.807, 2.05) is 29.6 Å². The Morgan fingerprint density at radius 3 is 2.83 bits per heavy atom. The van der Waals surface area contributed by atoms with Crippen molar-refractivity contribution in [2.75, 3.05) is 6.54 Å². The third-order valence-electron chi connectivity index (χ3n) is 2.33. The summed E-state index contributed by atoms with van der Waals surface area (Å²) < 4.78 is 6.72. The lowest BCUT2D eigenvalue weighted by atomic mass is 10.3. The monoisotopic (exact) mass is 326 g/mol. The van der Waals surface area contributed by atoms with Crippen LogP contribution in [0.15, 0.2) is 34.1 Å². The average molecular weight is 327 g/mol. The van der Waals surface area contributed by atoms with E-state index in [0.29, 0.717) is 6.61 Å². The molecule has 0 unspecified atom stereocenters. The molecule has 0 aliphatic carbocycles. The lowest BCUT2D eigenvalue weighted by Crippen LogP contribution is -2.11. The second kappa shape index (κ2) is 6.87. The standard InChI is InChI=1S/C13H15BrN2OS/c1-2-15-7-13-16-11(9-18-13)8-17-12-5-3-10(14)4-6-12/h3-6,9,15H,2,7-8H2,1H3. The van der Waals surface area contributed by atoms with E-state index in [9.17, 15) is 0 Å². The Kier molecular flexibility index (Phi) is 5.16. The molecule has 0 spiro atoms. The van der Waals surface area contributed by atoms with Gasteiger partial charge >= 0.3 is 0 Å². The quantitative estimate of drug-likeness (QED) is 0.880. The van der Waals surface area contributed by atoms with Gasteiger partial charge in [-0.1, -0.05) is 22.9 Å². The third-order valence-corrected chi connectivity index (χ3v) is 3.75. The van der Waals surface area contributed by atoms with Crippen LogP contribution in [0.4, 0.5) is 0 Å². The fourth-order valence-corrected chi connectivity index (χ4v) is 2.43. The van der Waals surface area contributed by atoms with E-state index >= 15 is 0 Å². The van der Waals surface area contributed by atoms with Gasteiger partial charge in [0, 0.05) is 16.4 Å². The molecular formula is C13H15BrN2OS. The zero-order valence-corrected chi connectivity index (χ0v) is 12.6. The Morgan fingerprint density at radius 1 is 1.33 bits per heavy atom. The molecule has 3 nitrogen and oxygen atoms in total. The first-order valence-electron chi connectivity index (χ1n) is 5.80. The molecule has 0 saturated carbocycles. The van der Waals surface area contributed by atoms with Gasteiger partial charge in [-0.2, -0.15) is 0 Å². The van der Waals surface area contributed by atoms with Gasteiger partial charge in [-0.25, -0.2) is 4.98 Å². The predicted molar refractivity (Wildman–Crippen MR) is 78.0 cm³/mol. The van der Waals surface area contributed by atoms with Gasteiger partial charge in [-0.3, -0.25) is 0 Å². The van der Waals surface area contributed by atoms with Gasteiger partial charge in [-0.15, -0.1) is 11.3 Å². The van der Waals surface area contributed by atoms with Crippen molar-refractivity contribution in [3.63, 3.8) is 0 Å². The number of nitrogens with one attached hydrogen (secondary N) is 1. The smallest absolute Gasteiger partial charge is 0.131 e. The number of benzene rings is 1. The molecule has 5 heteroatoms. The van der Waals surface area contributed by atoms with Gasteiger partial charge in [0.25, 0.3) is 0 Å². The molecule has 0 fully saturated rings. The Labute approximate surface area is 119 Å². The van der Waals surface area contributed by atoms with Crippen molar-refractivity contribution in [1.82, 2.24) is 10.3 Å². The molecule has 18 heavy (non-hydrogen) atoms. The van der Waals surface area contributed by atoms with E-state index in [-0.39, 0.29) is 0 Å². The third kappa shape index (κ3) is 4.08. The molecule has 96 valence electrons. The summed E-state index contributed by atoms with van der Waals surface area (Å²) in [5.74, 6) is 0.861. The highest BCUT2D eigenvalue weighted by Gasteiger charge is 2.02. The molecule has 0 saturated heterocycles. The van der Waals surface area contributed by atoms with E-state index in [1.165, 1.54) is 0 Å². The minimum atomic E-state index is 0.518. The lowest BCUT2D eigenvalue weighted by Gasteiger charge is -2.03. The molecule has 1 aromatic heterocycles. The van der Waals surface area contributed by atoms with Crippen molar-refractivity contribution in [2.45, 2.75) is 20.1 Å². The first-order valence-corrected chi connectivity index (χ1v) is 7.47. The van der Waals surface area contributed by atoms with Crippen LogP contribution in [0.25, 0.3) is 0 Å². The first kappa shape index (κ1) is 13.5. The minimum Gasteiger partial charge on any atom is -0.487 e.